The van der Waals surface area contributed by atoms with Crippen LogP contribution < -0.4 is 5.32 Å². The number of aromatic nitrogens is 2. The number of nitrogens with one attached hydrogen (secondary N) is 1. The molecular formula is C15H16BrN3O3. The van der Waals surface area contributed by atoms with E-state index in [1.54, 1.807) is 29.2 Å². The van der Waals surface area contributed by atoms with Crippen LogP contribution in [0.15, 0.2) is 35.1 Å². The lowest BCUT2D eigenvalue weighted by Gasteiger charge is -2.08. The molecule has 22 heavy (non-hydrogen) atoms. The van der Waals surface area contributed by atoms with Crippen molar-refractivity contribution in [2.45, 2.75) is 25.5 Å². The Bertz CT molecular complexity index is 680. The molecule has 1 unspecified atom stereocenters. The molecule has 1 amide bonds. The lowest BCUT2D eigenvalue weighted by Crippen LogP contribution is -2.15. The zero-order valence-electron chi connectivity index (χ0n) is 11.8. The zero-order valence-corrected chi connectivity index (χ0v) is 13.4. The van der Waals surface area contributed by atoms with E-state index < -0.39 is 0 Å². The number of amides is 1. The molecule has 7 heteroatoms. The van der Waals surface area contributed by atoms with Crippen LogP contribution in [0.4, 0.5) is 5.69 Å². The summed E-state index contributed by atoms with van der Waals surface area (Å²) >= 11 is 3.24. The Morgan fingerprint density at radius 3 is 3.14 bits per heavy atom. The van der Waals surface area contributed by atoms with Gasteiger partial charge in [-0.1, -0.05) is 15.9 Å². The van der Waals surface area contributed by atoms with Gasteiger partial charge in [-0.15, -0.1) is 0 Å². The average molecular weight is 366 g/mol. The maximum Gasteiger partial charge on any atom is 0.259 e. The number of aromatic hydroxyl groups is 1. The topological polar surface area (TPSA) is 76.4 Å². The summed E-state index contributed by atoms with van der Waals surface area (Å²) in [6.07, 6.45) is 5.66. The predicted octanol–water partition coefficient (Wildman–Crippen LogP) is 2.78. The first kappa shape index (κ1) is 15.1. The quantitative estimate of drug-likeness (QED) is 0.873. The number of rotatable bonds is 4. The molecule has 1 atom stereocenters. The minimum absolute atomic E-state index is 0.0707. The van der Waals surface area contributed by atoms with Crippen molar-refractivity contribution in [1.29, 1.82) is 0 Å². The molecule has 0 bridgehead atoms. The van der Waals surface area contributed by atoms with Gasteiger partial charge in [0, 0.05) is 17.3 Å². The van der Waals surface area contributed by atoms with Crippen LogP contribution >= 0.6 is 15.9 Å². The highest BCUT2D eigenvalue weighted by Crippen LogP contribution is 2.23. The van der Waals surface area contributed by atoms with Crippen LogP contribution in [0.3, 0.4) is 0 Å². The van der Waals surface area contributed by atoms with E-state index in [-0.39, 0.29) is 23.3 Å². The summed E-state index contributed by atoms with van der Waals surface area (Å²) in [7, 11) is 0. The van der Waals surface area contributed by atoms with Gasteiger partial charge in [0.2, 0.25) is 0 Å². The first-order chi connectivity index (χ1) is 10.6. The van der Waals surface area contributed by atoms with Crippen molar-refractivity contribution in [2.75, 3.05) is 11.9 Å². The summed E-state index contributed by atoms with van der Waals surface area (Å²) in [6.45, 7) is 1.48. The molecule has 116 valence electrons. The van der Waals surface area contributed by atoms with Crippen LogP contribution in [0.1, 0.15) is 23.2 Å². The van der Waals surface area contributed by atoms with Gasteiger partial charge in [0.05, 0.1) is 30.1 Å². The minimum Gasteiger partial charge on any atom is -0.507 e. The van der Waals surface area contributed by atoms with E-state index in [1.807, 2.05) is 0 Å². The van der Waals surface area contributed by atoms with Crippen LogP contribution in [0.2, 0.25) is 0 Å². The highest BCUT2D eigenvalue weighted by atomic mass is 79.9. The Morgan fingerprint density at radius 1 is 1.55 bits per heavy atom. The summed E-state index contributed by atoms with van der Waals surface area (Å²) in [6, 6.07) is 4.75. The lowest BCUT2D eigenvalue weighted by molar-refractivity contribution is 0.0940. The van der Waals surface area contributed by atoms with Gasteiger partial charge < -0.3 is 15.2 Å². The van der Waals surface area contributed by atoms with Crippen molar-refractivity contribution < 1.29 is 14.6 Å². The molecule has 0 radical (unpaired) electrons. The van der Waals surface area contributed by atoms with Crippen molar-refractivity contribution in [2.24, 2.45) is 0 Å². The molecule has 1 aromatic heterocycles. The molecule has 1 saturated heterocycles. The van der Waals surface area contributed by atoms with Crippen LogP contribution in [0.25, 0.3) is 0 Å². The third-order valence-corrected chi connectivity index (χ3v) is 4.00. The van der Waals surface area contributed by atoms with Crippen LogP contribution in [0.5, 0.6) is 5.75 Å². The Balaban J connectivity index is 1.65. The molecule has 0 aliphatic carbocycles. The van der Waals surface area contributed by atoms with E-state index in [9.17, 15) is 9.90 Å². The molecule has 3 rings (SSSR count). The third-order valence-electron chi connectivity index (χ3n) is 3.51. The molecule has 1 aliphatic rings. The SMILES string of the molecule is O=C(Nc1cnn(CC2CCCO2)c1)c1ccc(Br)cc1O. The van der Waals surface area contributed by atoms with E-state index in [4.69, 9.17) is 4.74 Å². The second kappa shape index (κ2) is 6.50. The number of carbonyl (C=O) groups excluding carboxylic acids is 1. The first-order valence-corrected chi connectivity index (χ1v) is 7.85. The van der Waals surface area contributed by atoms with Gasteiger partial charge in [0.25, 0.3) is 5.91 Å². The van der Waals surface area contributed by atoms with Gasteiger partial charge in [-0.25, -0.2) is 0 Å². The molecule has 2 aromatic rings. The smallest absolute Gasteiger partial charge is 0.259 e. The highest BCUT2D eigenvalue weighted by molar-refractivity contribution is 9.10. The number of phenolic OH excluding ortho intramolecular Hbond substituents is 1. The molecule has 2 N–H and O–H groups in total. The molecule has 0 saturated carbocycles. The number of carbonyl (C=O) groups is 1. The number of halogens is 1. The van der Waals surface area contributed by atoms with Gasteiger partial charge in [0.15, 0.2) is 0 Å². The van der Waals surface area contributed by atoms with E-state index >= 15 is 0 Å². The number of hydrogen-bond donors (Lipinski definition) is 2. The van der Waals surface area contributed by atoms with Crippen molar-refractivity contribution >= 4 is 27.5 Å². The Kier molecular flexibility index (Phi) is 4.44. The largest absolute Gasteiger partial charge is 0.507 e. The summed E-state index contributed by atoms with van der Waals surface area (Å²) in [5.74, 6) is -0.444. The fourth-order valence-electron chi connectivity index (χ4n) is 2.42. The fraction of sp³-hybridized carbons (Fsp3) is 0.333. The van der Waals surface area contributed by atoms with E-state index in [1.165, 1.54) is 6.07 Å². The summed E-state index contributed by atoms with van der Waals surface area (Å²) < 4.78 is 8.03. The zero-order chi connectivity index (χ0) is 15.5. The van der Waals surface area contributed by atoms with E-state index in [2.05, 4.69) is 26.3 Å². The second-order valence-corrected chi connectivity index (χ2v) is 6.12. The number of hydrogen-bond acceptors (Lipinski definition) is 4. The lowest BCUT2D eigenvalue weighted by atomic mass is 10.2. The maximum atomic E-state index is 12.2. The number of nitrogens with zero attached hydrogens (tertiary/aromatic N) is 2. The first-order valence-electron chi connectivity index (χ1n) is 7.06. The monoisotopic (exact) mass is 365 g/mol. The van der Waals surface area contributed by atoms with Crippen molar-refractivity contribution in [1.82, 2.24) is 9.78 Å². The van der Waals surface area contributed by atoms with Crippen molar-refractivity contribution in [3.05, 3.63) is 40.6 Å². The van der Waals surface area contributed by atoms with Crippen LogP contribution in [-0.2, 0) is 11.3 Å². The number of anilines is 1. The van der Waals surface area contributed by atoms with Gasteiger partial charge in [-0.2, -0.15) is 5.10 Å². The van der Waals surface area contributed by atoms with E-state index in [0.717, 1.165) is 19.4 Å². The molecule has 0 spiro atoms. The standard InChI is InChI=1S/C15H16BrN3O3/c16-10-3-4-13(14(20)6-10)15(21)18-11-7-17-19(8-11)9-12-2-1-5-22-12/h3-4,6-8,12,20H,1-2,5,9H2,(H,18,21). The third kappa shape index (κ3) is 3.48. The Morgan fingerprint density at radius 2 is 2.41 bits per heavy atom. The molecular weight excluding hydrogens is 350 g/mol. The number of phenols is 1. The highest BCUT2D eigenvalue weighted by Gasteiger charge is 2.17. The number of benzene rings is 1. The molecule has 1 aliphatic heterocycles. The normalized spacial score (nSPS) is 17.6. The van der Waals surface area contributed by atoms with Gasteiger partial charge >= 0.3 is 0 Å². The summed E-state index contributed by atoms with van der Waals surface area (Å²) in [4.78, 5) is 12.2. The molecule has 1 fully saturated rings. The van der Waals surface area contributed by atoms with Crippen molar-refractivity contribution in [3.8, 4) is 5.75 Å². The predicted molar refractivity (Wildman–Crippen MR) is 85.0 cm³/mol. The number of ether oxygens (including phenoxy) is 1. The summed E-state index contributed by atoms with van der Waals surface area (Å²) in [5, 5.41) is 16.7. The van der Waals surface area contributed by atoms with Crippen molar-refractivity contribution in [3.63, 3.8) is 0 Å². The fourth-order valence-corrected chi connectivity index (χ4v) is 2.77. The molecule has 6 nitrogen and oxygen atoms in total. The van der Waals surface area contributed by atoms with Crippen LogP contribution in [-0.4, -0.2) is 33.5 Å². The van der Waals surface area contributed by atoms with Gasteiger partial charge in [-0.05, 0) is 31.0 Å². The average Bonchev–Trinajstić information content (AvgIpc) is 3.11. The summed E-state index contributed by atoms with van der Waals surface area (Å²) in [5.41, 5.74) is 0.806. The van der Waals surface area contributed by atoms with Crippen LogP contribution in [0, 0.1) is 0 Å². The van der Waals surface area contributed by atoms with Gasteiger partial charge in [0.1, 0.15) is 5.75 Å². The Labute approximate surface area is 136 Å². The van der Waals surface area contributed by atoms with Gasteiger partial charge in [-0.3, -0.25) is 9.48 Å². The Hall–Kier alpha value is -1.86. The second-order valence-electron chi connectivity index (χ2n) is 5.20. The minimum atomic E-state index is -0.373. The maximum absolute atomic E-state index is 12.2. The molecule has 1 aromatic carbocycles. The van der Waals surface area contributed by atoms with E-state index in [0.29, 0.717) is 16.7 Å². The molecule has 2 heterocycles.